The SMILES string of the molecule is CCOc1ccc2oc(C(=O)OC(C)C(=O)Nc3cc(Cl)cc(Cl)c3)c(C)c2c1. The van der Waals surface area contributed by atoms with Gasteiger partial charge in [0.05, 0.1) is 6.61 Å². The second-order valence-corrected chi connectivity index (χ2v) is 7.21. The van der Waals surface area contributed by atoms with Gasteiger partial charge in [-0.2, -0.15) is 0 Å². The number of halogens is 2. The summed E-state index contributed by atoms with van der Waals surface area (Å²) >= 11 is 11.8. The first-order valence-electron chi connectivity index (χ1n) is 8.92. The molecule has 3 aromatic rings. The standard InChI is InChI=1S/C21H19Cl2NO5/c1-4-27-16-5-6-18-17(10-16)11(2)19(29-18)21(26)28-12(3)20(25)24-15-8-13(22)7-14(23)9-15/h5-10,12H,4H2,1-3H3,(H,24,25). The Bertz CT molecular complexity index is 1060. The van der Waals surface area contributed by atoms with Crippen LogP contribution in [0.4, 0.5) is 5.69 Å². The average molecular weight is 436 g/mol. The third-order valence-electron chi connectivity index (χ3n) is 4.19. The molecule has 2 aromatic carbocycles. The van der Waals surface area contributed by atoms with E-state index in [1.807, 2.05) is 6.92 Å². The van der Waals surface area contributed by atoms with Crippen LogP contribution in [0.3, 0.4) is 0 Å². The molecule has 0 fully saturated rings. The molecule has 8 heteroatoms. The average Bonchev–Trinajstić information content (AvgIpc) is 2.97. The number of benzene rings is 2. The molecular formula is C21H19Cl2NO5. The number of anilines is 1. The largest absolute Gasteiger partial charge is 0.494 e. The van der Waals surface area contributed by atoms with E-state index < -0.39 is 18.0 Å². The van der Waals surface area contributed by atoms with Crippen LogP contribution in [0.5, 0.6) is 5.75 Å². The number of hydrogen-bond acceptors (Lipinski definition) is 5. The van der Waals surface area contributed by atoms with Crippen LogP contribution in [-0.4, -0.2) is 24.6 Å². The van der Waals surface area contributed by atoms with Crippen molar-refractivity contribution >= 4 is 51.7 Å². The van der Waals surface area contributed by atoms with Gasteiger partial charge >= 0.3 is 5.97 Å². The number of nitrogens with one attached hydrogen (secondary N) is 1. The molecule has 1 N–H and O–H groups in total. The van der Waals surface area contributed by atoms with Gasteiger partial charge in [0.15, 0.2) is 6.10 Å². The third kappa shape index (κ3) is 4.83. The smallest absolute Gasteiger partial charge is 0.375 e. The highest BCUT2D eigenvalue weighted by Crippen LogP contribution is 2.29. The van der Waals surface area contributed by atoms with Gasteiger partial charge in [-0.1, -0.05) is 23.2 Å². The number of aryl methyl sites for hydroxylation is 1. The van der Waals surface area contributed by atoms with Crippen molar-refractivity contribution in [1.29, 1.82) is 0 Å². The van der Waals surface area contributed by atoms with Gasteiger partial charge in [-0.3, -0.25) is 4.79 Å². The van der Waals surface area contributed by atoms with Crippen molar-refractivity contribution < 1.29 is 23.5 Å². The first kappa shape index (κ1) is 21.0. The molecule has 0 saturated heterocycles. The van der Waals surface area contributed by atoms with Gasteiger partial charge in [0.25, 0.3) is 5.91 Å². The topological polar surface area (TPSA) is 77.8 Å². The fourth-order valence-corrected chi connectivity index (χ4v) is 3.31. The normalized spacial score (nSPS) is 11.9. The Kier molecular flexibility index (Phi) is 6.35. The molecule has 0 radical (unpaired) electrons. The second kappa shape index (κ2) is 8.76. The van der Waals surface area contributed by atoms with E-state index in [0.717, 1.165) is 5.39 Å². The summed E-state index contributed by atoms with van der Waals surface area (Å²) in [5, 5.41) is 4.11. The Labute approximate surface area is 177 Å². The highest BCUT2D eigenvalue weighted by Gasteiger charge is 2.24. The van der Waals surface area contributed by atoms with E-state index in [-0.39, 0.29) is 5.76 Å². The number of furan rings is 1. The van der Waals surface area contributed by atoms with Crippen molar-refractivity contribution in [2.75, 3.05) is 11.9 Å². The van der Waals surface area contributed by atoms with Crippen LogP contribution in [0.25, 0.3) is 11.0 Å². The lowest BCUT2D eigenvalue weighted by molar-refractivity contribution is -0.123. The summed E-state index contributed by atoms with van der Waals surface area (Å²) in [7, 11) is 0. The van der Waals surface area contributed by atoms with Crippen LogP contribution < -0.4 is 10.1 Å². The van der Waals surface area contributed by atoms with Crippen molar-refractivity contribution in [3.63, 3.8) is 0 Å². The van der Waals surface area contributed by atoms with E-state index >= 15 is 0 Å². The molecule has 0 saturated carbocycles. The van der Waals surface area contributed by atoms with E-state index in [0.29, 0.717) is 39.2 Å². The molecule has 1 heterocycles. The lowest BCUT2D eigenvalue weighted by atomic mass is 10.1. The Morgan fingerprint density at radius 1 is 1.14 bits per heavy atom. The van der Waals surface area contributed by atoms with Gasteiger partial charge in [-0.15, -0.1) is 0 Å². The zero-order valence-corrected chi connectivity index (χ0v) is 17.6. The molecule has 0 aliphatic carbocycles. The van der Waals surface area contributed by atoms with Crippen molar-refractivity contribution in [3.05, 3.63) is 57.8 Å². The summed E-state index contributed by atoms with van der Waals surface area (Å²) in [4.78, 5) is 24.9. The maximum atomic E-state index is 12.6. The summed E-state index contributed by atoms with van der Waals surface area (Å²) < 4.78 is 16.4. The fraction of sp³-hybridized carbons (Fsp3) is 0.238. The van der Waals surface area contributed by atoms with Crippen LogP contribution in [0.1, 0.15) is 30.0 Å². The lowest BCUT2D eigenvalue weighted by Crippen LogP contribution is -2.30. The summed E-state index contributed by atoms with van der Waals surface area (Å²) in [5.74, 6) is -0.539. The Morgan fingerprint density at radius 3 is 2.48 bits per heavy atom. The van der Waals surface area contributed by atoms with Crippen LogP contribution in [0.2, 0.25) is 10.0 Å². The maximum absolute atomic E-state index is 12.6. The van der Waals surface area contributed by atoms with E-state index in [1.54, 1.807) is 43.3 Å². The monoisotopic (exact) mass is 435 g/mol. The Morgan fingerprint density at radius 2 is 1.83 bits per heavy atom. The Hall–Kier alpha value is -2.70. The number of esters is 1. The van der Waals surface area contributed by atoms with E-state index in [9.17, 15) is 9.59 Å². The van der Waals surface area contributed by atoms with E-state index in [2.05, 4.69) is 5.32 Å². The van der Waals surface area contributed by atoms with Gasteiger partial charge in [0, 0.05) is 26.7 Å². The molecule has 3 rings (SSSR count). The number of hydrogen-bond donors (Lipinski definition) is 1. The molecule has 0 bridgehead atoms. The third-order valence-corrected chi connectivity index (χ3v) is 4.62. The zero-order chi connectivity index (χ0) is 21.1. The number of amides is 1. The first-order chi connectivity index (χ1) is 13.8. The van der Waals surface area contributed by atoms with Crippen molar-refractivity contribution in [3.8, 4) is 5.75 Å². The minimum atomic E-state index is -1.06. The minimum absolute atomic E-state index is 0.0408. The summed E-state index contributed by atoms with van der Waals surface area (Å²) in [6.07, 6.45) is -1.06. The zero-order valence-electron chi connectivity index (χ0n) is 16.0. The molecule has 29 heavy (non-hydrogen) atoms. The predicted octanol–water partition coefficient (Wildman–Crippen LogP) is 5.63. The molecule has 0 spiro atoms. The quantitative estimate of drug-likeness (QED) is 0.507. The van der Waals surface area contributed by atoms with Crippen LogP contribution in [0, 0.1) is 6.92 Å². The van der Waals surface area contributed by atoms with Crippen LogP contribution >= 0.6 is 23.2 Å². The molecule has 6 nitrogen and oxygen atoms in total. The first-order valence-corrected chi connectivity index (χ1v) is 9.68. The summed E-state index contributed by atoms with van der Waals surface area (Å²) in [6.45, 7) is 5.63. The van der Waals surface area contributed by atoms with Crippen LogP contribution in [-0.2, 0) is 9.53 Å². The summed E-state index contributed by atoms with van der Waals surface area (Å²) in [5.41, 5.74) is 1.54. The number of rotatable bonds is 6. The second-order valence-electron chi connectivity index (χ2n) is 6.34. The molecular weight excluding hydrogens is 417 g/mol. The molecule has 1 unspecified atom stereocenters. The Balaban J connectivity index is 1.73. The molecule has 1 atom stereocenters. The highest BCUT2D eigenvalue weighted by molar-refractivity contribution is 6.35. The van der Waals surface area contributed by atoms with Gasteiger partial charge in [-0.05, 0) is 57.2 Å². The predicted molar refractivity (Wildman–Crippen MR) is 112 cm³/mol. The van der Waals surface area contributed by atoms with Gasteiger partial charge in [-0.25, -0.2) is 4.79 Å². The molecule has 1 aromatic heterocycles. The maximum Gasteiger partial charge on any atom is 0.375 e. The number of carbonyl (C=O) groups excluding carboxylic acids is 2. The van der Waals surface area contributed by atoms with Crippen molar-refractivity contribution in [2.24, 2.45) is 0 Å². The van der Waals surface area contributed by atoms with E-state index in [1.165, 1.54) is 6.92 Å². The number of carbonyl (C=O) groups is 2. The van der Waals surface area contributed by atoms with Crippen LogP contribution in [0.15, 0.2) is 40.8 Å². The number of fused-ring (bicyclic) bond motifs is 1. The fourth-order valence-electron chi connectivity index (χ4n) is 2.79. The lowest BCUT2D eigenvalue weighted by Gasteiger charge is -2.13. The van der Waals surface area contributed by atoms with Crippen molar-refractivity contribution in [1.82, 2.24) is 0 Å². The summed E-state index contributed by atoms with van der Waals surface area (Å²) in [6, 6.07) is 9.91. The highest BCUT2D eigenvalue weighted by atomic mass is 35.5. The number of ether oxygens (including phenoxy) is 2. The van der Waals surface area contributed by atoms with Gasteiger partial charge in [0.2, 0.25) is 5.76 Å². The van der Waals surface area contributed by atoms with Crippen molar-refractivity contribution in [2.45, 2.75) is 26.9 Å². The molecule has 1 amide bonds. The molecule has 0 aliphatic rings. The van der Waals surface area contributed by atoms with Gasteiger partial charge < -0.3 is 19.2 Å². The molecule has 152 valence electrons. The van der Waals surface area contributed by atoms with E-state index in [4.69, 9.17) is 37.1 Å². The minimum Gasteiger partial charge on any atom is -0.494 e. The molecule has 0 aliphatic heterocycles. The van der Waals surface area contributed by atoms with Gasteiger partial charge in [0.1, 0.15) is 11.3 Å².